The summed E-state index contributed by atoms with van der Waals surface area (Å²) in [4.78, 5) is 43.2. The highest BCUT2D eigenvalue weighted by atomic mass is 35.5. The lowest BCUT2D eigenvalue weighted by molar-refractivity contribution is -0.132. The van der Waals surface area contributed by atoms with Gasteiger partial charge in [0.25, 0.3) is 0 Å². The van der Waals surface area contributed by atoms with E-state index >= 15 is 0 Å². The van der Waals surface area contributed by atoms with Gasteiger partial charge in [0.1, 0.15) is 11.6 Å². The number of Topliss-reactive ketones (excluding diaryl/α,β-unsaturated/α-hetero) is 1. The number of carbonyl (C=O) groups excluding carboxylic acids is 3. The molecule has 0 bridgehead atoms. The molecule has 11 heteroatoms. The number of carbonyl (C=O) groups is 3. The SMILES string of the molecule is NCNC(=O)CC(NC(=O)C(COCc1ccccc1)CC(=O)CCCCNc1ccccn1)c1cc(Cl)cc(Cl)c1. The van der Waals surface area contributed by atoms with Gasteiger partial charge in [0.05, 0.1) is 38.3 Å². The first-order valence-electron chi connectivity index (χ1n) is 13.9. The quantitative estimate of drug-likeness (QED) is 0.116. The van der Waals surface area contributed by atoms with Crippen LogP contribution in [-0.4, -0.2) is 42.4 Å². The molecule has 224 valence electrons. The van der Waals surface area contributed by atoms with Gasteiger partial charge in [-0.05, 0) is 54.3 Å². The number of ketones is 1. The summed E-state index contributed by atoms with van der Waals surface area (Å²) in [5.74, 6) is -0.782. The molecular weight excluding hydrogens is 577 g/mol. The number of aromatic nitrogens is 1. The number of hydrogen-bond acceptors (Lipinski definition) is 7. The maximum atomic E-state index is 13.6. The zero-order valence-electron chi connectivity index (χ0n) is 23.4. The third-order valence-corrected chi connectivity index (χ3v) is 6.86. The maximum absolute atomic E-state index is 13.6. The highest BCUT2D eigenvalue weighted by Gasteiger charge is 2.27. The third-order valence-electron chi connectivity index (χ3n) is 6.42. The second-order valence-corrected chi connectivity index (χ2v) is 10.7. The predicted octanol–water partition coefficient (Wildman–Crippen LogP) is 5.04. The minimum Gasteiger partial charge on any atom is -0.376 e. The summed E-state index contributed by atoms with van der Waals surface area (Å²) in [6, 6.07) is 19.3. The summed E-state index contributed by atoms with van der Waals surface area (Å²) in [6.07, 6.45) is 3.41. The molecule has 0 spiro atoms. The standard InChI is InChI=1S/C31H37Cl2N5O4/c32-25-14-23(15-26(33)17-25)28(18-30(40)37-21-34)38-31(41)24(20-42-19-22-8-2-1-3-9-22)16-27(39)10-4-6-12-35-29-11-5-7-13-36-29/h1-3,5,7-9,11,13-15,17,24,28H,4,6,10,12,16,18-21,34H2,(H,35,36)(H,37,40)(H,38,41). The lowest BCUT2D eigenvalue weighted by Gasteiger charge is -2.23. The molecular formula is C31H37Cl2N5O4. The van der Waals surface area contributed by atoms with Crippen LogP contribution >= 0.6 is 23.2 Å². The molecule has 42 heavy (non-hydrogen) atoms. The summed E-state index contributed by atoms with van der Waals surface area (Å²) in [5.41, 5.74) is 6.98. The number of pyridine rings is 1. The number of hydrogen-bond donors (Lipinski definition) is 4. The van der Waals surface area contributed by atoms with Gasteiger partial charge < -0.3 is 26.4 Å². The number of benzene rings is 2. The van der Waals surface area contributed by atoms with Crippen molar-refractivity contribution in [1.29, 1.82) is 0 Å². The second-order valence-electron chi connectivity index (χ2n) is 9.81. The number of halogens is 2. The maximum Gasteiger partial charge on any atom is 0.226 e. The lowest BCUT2D eigenvalue weighted by Crippen LogP contribution is -2.40. The molecule has 0 saturated heterocycles. The van der Waals surface area contributed by atoms with Gasteiger partial charge in [-0.25, -0.2) is 4.98 Å². The monoisotopic (exact) mass is 613 g/mol. The molecule has 5 N–H and O–H groups in total. The Bertz CT molecular complexity index is 1260. The van der Waals surface area contributed by atoms with E-state index in [2.05, 4.69) is 20.9 Å². The molecule has 3 aromatic rings. The minimum absolute atomic E-state index is 0.00626. The molecule has 0 aliphatic rings. The molecule has 0 saturated carbocycles. The minimum atomic E-state index is -0.761. The van der Waals surface area contributed by atoms with Crippen LogP contribution in [-0.2, 0) is 25.7 Å². The predicted molar refractivity (Wildman–Crippen MR) is 165 cm³/mol. The molecule has 1 aromatic heterocycles. The molecule has 2 aromatic carbocycles. The van der Waals surface area contributed by atoms with Crippen molar-refractivity contribution in [2.24, 2.45) is 11.7 Å². The number of nitrogens with two attached hydrogens (primary N) is 1. The van der Waals surface area contributed by atoms with Crippen LogP contribution in [0.1, 0.15) is 49.3 Å². The molecule has 0 aliphatic carbocycles. The van der Waals surface area contributed by atoms with E-state index in [0.29, 0.717) is 41.6 Å². The molecule has 2 unspecified atom stereocenters. The Morgan fingerprint density at radius 3 is 2.36 bits per heavy atom. The normalized spacial score (nSPS) is 12.3. The van der Waals surface area contributed by atoms with E-state index in [9.17, 15) is 14.4 Å². The Morgan fingerprint density at radius 2 is 1.67 bits per heavy atom. The fraction of sp³-hybridized carbons (Fsp3) is 0.355. The molecule has 0 radical (unpaired) electrons. The Morgan fingerprint density at radius 1 is 0.929 bits per heavy atom. The lowest BCUT2D eigenvalue weighted by atomic mass is 9.97. The van der Waals surface area contributed by atoms with Gasteiger partial charge >= 0.3 is 0 Å². The van der Waals surface area contributed by atoms with Gasteiger partial charge in [-0.1, -0.05) is 59.6 Å². The molecule has 9 nitrogen and oxygen atoms in total. The summed E-state index contributed by atoms with van der Waals surface area (Å²) in [7, 11) is 0. The number of amides is 2. The fourth-order valence-corrected chi connectivity index (χ4v) is 4.86. The molecule has 0 aliphatic heterocycles. The van der Waals surface area contributed by atoms with Crippen LogP contribution in [0, 0.1) is 5.92 Å². The highest BCUT2D eigenvalue weighted by molar-refractivity contribution is 6.34. The van der Waals surface area contributed by atoms with E-state index in [1.54, 1.807) is 24.4 Å². The molecule has 2 amide bonds. The van der Waals surface area contributed by atoms with E-state index in [0.717, 1.165) is 17.8 Å². The number of unbranched alkanes of at least 4 members (excludes halogenated alkanes) is 1. The Hall–Kier alpha value is -3.50. The Kier molecular flexibility index (Phi) is 14.2. The van der Waals surface area contributed by atoms with Crippen LogP contribution in [0.2, 0.25) is 10.0 Å². The Labute approximate surface area is 256 Å². The number of anilines is 1. The van der Waals surface area contributed by atoms with Crippen molar-refractivity contribution in [2.45, 2.75) is 44.8 Å². The first kappa shape index (κ1) is 33.0. The second kappa shape index (κ2) is 18.1. The van der Waals surface area contributed by atoms with Crippen molar-refractivity contribution < 1.29 is 19.1 Å². The first-order chi connectivity index (χ1) is 20.3. The van der Waals surface area contributed by atoms with Crippen LogP contribution < -0.4 is 21.7 Å². The first-order valence-corrected chi connectivity index (χ1v) is 14.6. The van der Waals surface area contributed by atoms with Crippen molar-refractivity contribution in [1.82, 2.24) is 15.6 Å². The van der Waals surface area contributed by atoms with E-state index in [1.807, 2.05) is 48.5 Å². The number of rotatable bonds is 18. The van der Waals surface area contributed by atoms with Gasteiger partial charge in [-0.15, -0.1) is 0 Å². The van der Waals surface area contributed by atoms with Gasteiger partial charge in [0.2, 0.25) is 11.8 Å². The van der Waals surface area contributed by atoms with Crippen molar-refractivity contribution in [3.05, 3.63) is 94.1 Å². The Balaban J connectivity index is 1.64. The average molecular weight is 615 g/mol. The molecule has 2 atom stereocenters. The van der Waals surface area contributed by atoms with Crippen molar-refractivity contribution in [3.63, 3.8) is 0 Å². The highest BCUT2D eigenvalue weighted by Crippen LogP contribution is 2.26. The van der Waals surface area contributed by atoms with Crippen molar-refractivity contribution >= 4 is 46.6 Å². The van der Waals surface area contributed by atoms with Crippen molar-refractivity contribution in [2.75, 3.05) is 25.1 Å². The van der Waals surface area contributed by atoms with Crippen LogP contribution in [0.15, 0.2) is 72.9 Å². The van der Waals surface area contributed by atoms with Crippen LogP contribution in [0.5, 0.6) is 0 Å². The van der Waals surface area contributed by atoms with Crippen LogP contribution in [0.25, 0.3) is 0 Å². The van der Waals surface area contributed by atoms with Gasteiger partial charge in [-0.3, -0.25) is 14.4 Å². The largest absolute Gasteiger partial charge is 0.376 e. The average Bonchev–Trinajstić information content (AvgIpc) is 2.97. The summed E-state index contributed by atoms with van der Waals surface area (Å²) in [6.45, 7) is 0.969. The fourth-order valence-electron chi connectivity index (χ4n) is 4.32. The molecule has 1 heterocycles. The topological polar surface area (TPSA) is 135 Å². The van der Waals surface area contributed by atoms with Gasteiger partial charge in [-0.2, -0.15) is 0 Å². The molecule has 3 rings (SSSR count). The number of nitrogens with one attached hydrogen (secondary N) is 3. The molecule has 0 fully saturated rings. The summed E-state index contributed by atoms with van der Waals surface area (Å²) >= 11 is 12.4. The van der Waals surface area contributed by atoms with E-state index < -0.39 is 17.9 Å². The van der Waals surface area contributed by atoms with E-state index in [4.69, 9.17) is 33.7 Å². The van der Waals surface area contributed by atoms with Gasteiger partial charge in [0.15, 0.2) is 0 Å². The zero-order chi connectivity index (χ0) is 30.2. The van der Waals surface area contributed by atoms with Gasteiger partial charge in [0, 0.05) is 35.6 Å². The van der Waals surface area contributed by atoms with E-state index in [1.165, 1.54) is 0 Å². The van der Waals surface area contributed by atoms with Crippen LogP contribution in [0.4, 0.5) is 5.82 Å². The third kappa shape index (κ3) is 12.2. The number of ether oxygens (including phenoxy) is 1. The van der Waals surface area contributed by atoms with E-state index in [-0.39, 0.29) is 37.8 Å². The van der Waals surface area contributed by atoms with Crippen molar-refractivity contribution in [3.8, 4) is 0 Å². The number of nitrogens with zero attached hydrogens (tertiary/aromatic N) is 1. The summed E-state index contributed by atoms with van der Waals surface area (Å²) < 4.78 is 5.87. The zero-order valence-corrected chi connectivity index (χ0v) is 24.9. The summed E-state index contributed by atoms with van der Waals surface area (Å²) in [5, 5.41) is 9.42. The smallest absolute Gasteiger partial charge is 0.226 e. The van der Waals surface area contributed by atoms with Crippen LogP contribution in [0.3, 0.4) is 0 Å².